The van der Waals surface area contributed by atoms with Crippen LogP contribution in [0.1, 0.15) is 40.6 Å². The minimum atomic E-state index is -0.368. The van der Waals surface area contributed by atoms with Crippen molar-refractivity contribution in [3.05, 3.63) is 40.3 Å². The van der Waals surface area contributed by atoms with Gasteiger partial charge in [-0.2, -0.15) is 0 Å². The van der Waals surface area contributed by atoms with E-state index < -0.39 is 0 Å². The number of para-hydroxylation sites is 2. The van der Waals surface area contributed by atoms with Crippen molar-refractivity contribution in [1.82, 2.24) is 4.90 Å². The summed E-state index contributed by atoms with van der Waals surface area (Å²) >= 11 is 1.46. The SMILES string of the molecule is CCOC(=O)c1c(NC(=O)CCCOc2ccccc2N)sc2c1CCN(C)C2. The number of benzene rings is 1. The molecule has 0 aliphatic carbocycles. The predicted molar refractivity (Wildman–Crippen MR) is 115 cm³/mol. The van der Waals surface area contributed by atoms with Crippen LogP contribution in [0.5, 0.6) is 5.75 Å². The monoisotopic (exact) mass is 417 g/mol. The number of amides is 1. The summed E-state index contributed by atoms with van der Waals surface area (Å²) in [5.41, 5.74) is 7.94. The Balaban J connectivity index is 1.60. The zero-order valence-corrected chi connectivity index (χ0v) is 17.6. The van der Waals surface area contributed by atoms with E-state index in [-0.39, 0.29) is 18.3 Å². The van der Waals surface area contributed by atoms with Crippen LogP contribution in [0, 0.1) is 0 Å². The van der Waals surface area contributed by atoms with Gasteiger partial charge >= 0.3 is 5.97 Å². The van der Waals surface area contributed by atoms with Crippen LogP contribution in [0.2, 0.25) is 0 Å². The molecule has 3 rings (SSSR count). The molecule has 1 aromatic heterocycles. The molecule has 3 N–H and O–H groups in total. The van der Waals surface area contributed by atoms with Gasteiger partial charge in [-0.1, -0.05) is 12.1 Å². The third-order valence-corrected chi connectivity index (χ3v) is 5.84. The van der Waals surface area contributed by atoms with Crippen molar-refractivity contribution in [3.63, 3.8) is 0 Å². The van der Waals surface area contributed by atoms with E-state index in [2.05, 4.69) is 10.2 Å². The molecule has 156 valence electrons. The Kier molecular flexibility index (Phi) is 7.11. The zero-order valence-electron chi connectivity index (χ0n) is 16.8. The minimum absolute atomic E-state index is 0.146. The number of nitrogens with two attached hydrogens (primary N) is 1. The fraction of sp³-hybridized carbons (Fsp3) is 0.429. The van der Waals surface area contributed by atoms with Crippen LogP contribution in [0.3, 0.4) is 0 Å². The molecular weight excluding hydrogens is 390 g/mol. The number of anilines is 2. The number of nitrogens with one attached hydrogen (secondary N) is 1. The Morgan fingerprint density at radius 1 is 1.31 bits per heavy atom. The van der Waals surface area contributed by atoms with Gasteiger partial charge in [0.25, 0.3) is 0 Å². The lowest BCUT2D eigenvalue weighted by Gasteiger charge is -2.22. The number of nitrogen functional groups attached to an aromatic ring is 1. The number of hydrogen-bond donors (Lipinski definition) is 2. The first-order chi connectivity index (χ1) is 14.0. The van der Waals surface area contributed by atoms with Crippen molar-refractivity contribution in [1.29, 1.82) is 0 Å². The summed E-state index contributed by atoms with van der Waals surface area (Å²) in [5, 5.41) is 3.50. The van der Waals surface area contributed by atoms with Gasteiger partial charge in [0.15, 0.2) is 0 Å². The molecule has 1 aliphatic heterocycles. The van der Waals surface area contributed by atoms with Crippen LogP contribution in [0.4, 0.5) is 10.7 Å². The topological polar surface area (TPSA) is 93.9 Å². The highest BCUT2D eigenvalue weighted by Gasteiger charge is 2.28. The van der Waals surface area contributed by atoms with E-state index in [4.69, 9.17) is 15.2 Å². The van der Waals surface area contributed by atoms with Gasteiger partial charge in [0, 0.05) is 24.4 Å². The van der Waals surface area contributed by atoms with E-state index in [1.165, 1.54) is 11.3 Å². The summed E-state index contributed by atoms with van der Waals surface area (Å²) in [7, 11) is 2.05. The van der Waals surface area contributed by atoms with Crippen molar-refractivity contribution in [3.8, 4) is 5.75 Å². The van der Waals surface area contributed by atoms with Crippen LogP contribution in [0.15, 0.2) is 24.3 Å². The number of thiophene rings is 1. The first kappa shape index (κ1) is 21.1. The van der Waals surface area contributed by atoms with Crippen molar-refractivity contribution < 1.29 is 19.1 Å². The molecule has 2 aromatic rings. The number of ether oxygens (including phenoxy) is 2. The van der Waals surface area contributed by atoms with Crippen LogP contribution < -0.4 is 15.8 Å². The standard InChI is InChI=1S/C21H27N3O4S/c1-3-27-21(26)19-14-10-11-24(2)13-17(14)29-20(19)23-18(25)9-6-12-28-16-8-5-4-7-15(16)22/h4-5,7-8H,3,6,9-13,22H2,1-2H3,(H,23,25). The first-order valence-corrected chi connectivity index (χ1v) is 10.6. The van der Waals surface area contributed by atoms with Crippen molar-refractivity contribution >= 4 is 33.9 Å². The lowest BCUT2D eigenvalue weighted by Crippen LogP contribution is -2.26. The third kappa shape index (κ3) is 5.27. The number of fused-ring (bicyclic) bond motifs is 1. The van der Waals surface area contributed by atoms with Gasteiger partial charge in [0.05, 0.1) is 24.5 Å². The normalized spacial score (nSPS) is 13.6. The van der Waals surface area contributed by atoms with Crippen molar-refractivity contribution in [2.45, 2.75) is 32.7 Å². The zero-order chi connectivity index (χ0) is 20.8. The molecule has 0 fully saturated rings. The van der Waals surface area contributed by atoms with Crippen LogP contribution in [0.25, 0.3) is 0 Å². The van der Waals surface area contributed by atoms with E-state index in [9.17, 15) is 9.59 Å². The van der Waals surface area contributed by atoms with Gasteiger partial charge in [-0.15, -0.1) is 11.3 Å². The summed E-state index contributed by atoms with van der Waals surface area (Å²) in [6, 6.07) is 7.27. The quantitative estimate of drug-likeness (QED) is 0.389. The summed E-state index contributed by atoms with van der Waals surface area (Å²) in [6.45, 7) is 4.12. The molecule has 0 radical (unpaired) electrons. The van der Waals surface area contributed by atoms with Gasteiger partial charge in [-0.05, 0) is 44.5 Å². The lowest BCUT2D eigenvalue weighted by atomic mass is 10.0. The maximum absolute atomic E-state index is 12.5. The van der Waals surface area contributed by atoms with Gasteiger partial charge < -0.3 is 25.4 Å². The van der Waals surface area contributed by atoms with Gasteiger partial charge in [0.2, 0.25) is 5.91 Å². The predicted octanol–water partition coefficient (Wildman–Crippen LogP) is 3.29. The summed E-state index contributed by atoms with van der Waals surface area (Å²) < 4.78 is 10.9. The first-order valence-electron chi connectivity index (χ1n) is 9.77. The Morgan fingerprint density at radius 2 is 2.10 bits per heavy atom. The van der Waals surface area contributed by atoms with Gasteiger partial charge in [0.1, 0.15) is 10.8 Å². The molecule has 8 heteroatoms. The smallest absolute Gasteiger partial charge is 0.341 e. The van der Waals surface area contributed by atoms with Crippen LogP contribution >= 0.6 is 11.3 Å². The fourth-order valence-corrected chi connectivity index (χ4v) is 4.59. The number of rotatable bonds is 8. The van der Waals surface area contributed by atoms with E-state index >= 15 is 0 Å². The summed E-state index contributed by atoms with van der Waals surface area (Å²) in [4.78, 5) is 28.3. The Hall–Kier alpha value is -2.58. The molecule has 29 heavy (non-hydrogen) atoms. The van der Waals surface area contributed by atoms with Crippen molar-refractivity contribution in [2.24, 2.45) is 0 Å². The molecule has 7 nitrogen and oxygen atoms in total. The molecule has 0 saturated heterocycles. The van der Waals surface area contributed by atoms with Crippen molar-refractivity contribution in [2.75, 3.05) is 37.9 Å². The molecule has 2 heterocycles. The Bertz CT molecular complexity index is 881. The minimum Gasteiger partial charge on any atom is -0.491 e. The Morgan fingerprint density at radius 3 is 2.86 bits per heavy atom. The fourth-order valence-electron chi connectivity index (χ4n) is 3.25. The molecule has 0 atom stereocenters. The largest absolute Gasteiger partial charge is 0.491 e. The molecule has 0 spiro atoms. The average Bonchev–Trinajstić information content (AvgIpc) is 3.03. The van der Waals surface area contributed by atoms with E-state index in [0.717, 1.165) is 30.0 Å². The number of likely N-dealkylation sites (N-methyl/N-ethyl adjacent to an activating group) is 1. The van der Waals surface area contributed by atoms with E-state index in [1.54, 1.807) is 19.1 Å². The average molecular weight is 418 g/mol. The Labute approximate surface area is 174 Å². The highest BCUT2D eigenvalue weighted by atomic mass is 32.1. The number of carbonyl (C=O) groups is 2. The molecule has 0 saturated carbocycles. The molecule has 0 bridgehead atoms. The summed E-state index contributed by atoms with van der Waals surface area (Å²) in [6.07, 6.45) is 1.61. The second-order valence-electron chi connectivity index (χ2n) is 6.95. The van der Waals surface area contributed by atoms with Crippen LogP contribution in [-0.2, 0) is 22.5 Å². The second kappa shape index (κ2) is 9.76. The van der Waals surface area contributed by atoms with Gasteiger partial charge in [-0.25, -0.2) is 4.79 Å². The van der Waals surface area contributed by atoms with Gasteiger partial charge in [-0.3, -0.25) is 4.79 Å². The number of hydrogen-bond acceptors (Lipinski definition) is 7. The van der Waals surface area contributed by atoms with E-state index in [0.29, 0.717) is 41.6 Å². The third-order valence-electron chi connectivity index (χ3n) is 4.70. The maximum Gasteiger partial charge on any atom is 0.341 e. The van der Waals surface area contributed by atoms with Crippen LogP contribution in [-0.4, -0.2) is 43.6 Å². The number of esters is 1. The molecule has 0 unspecified atom stereocenters. The highest BCUT2D eigenvalue weighted by molar-refractivity contribution is 7.17. The molecule has 1 aromatic carbocycles. The molecule has 1 amide bonds. The number of nitrogens with zero attached hydrogens (tertiary/aromatic N) is 1. The molecular formula is C21H27N3O4S. The molecule has 1 aliphatic rings. The maximum atomic E-state index is 12.5. The summed E-state index contributed by atoms with van der Waals surface area (Å²) in [5.74, 6) is 0.104. The van der Waals surface area contributed by atoms with E-state index in [1.807, 2.05) is 19.2 Å². The number of carbonyl (C=O) groups excluding carboxylic acids is 2. The lowest BCUT2D eigenvalue weighted by molar-refractivity contribution is -0.116. The highest BCUT2D eigenvalue weighted by Crippen LogP contribution is 2.37. The second-order valence-corrected chi connectivity index (χ2v) is 8.06.